The van der Waals surface area contributed by atoms with E-state index in [1.807, 2.05) is 24.3 Å². The second-order valence-corrected chi connectivity index (χ2v) is 6.16. The summed E-state index contributed by atoms with van der Waals surface area (Å²) < 4.78 is 10.3. The van der Waals surface area contributed by atoms with Crippen LogP contribution >= 0.6 is 0 Å². The highest BCUT2D eigenvalue weighted by Crippen LogP contribution is 2.26. The Kier molecular flexibility index (Phi) is 6.91. The van der Waals surface area contributed by atoms with Crippen molar-refractivity contribution in [1.29, 1.82) is 0 Å². The predicted molar refractivity (Wildman–Crippen MR) is 94.9 cm³/mol. The van der Waals surface area contributed by atoms with Crippen molar-refractivity contribution < 1.29 is 30.3 Å². The molecule has 0 fully saturated rings. The van der Waals surface area contributed by atoms with Gasteiger partial charge < -0.3 is 30.3 Å². The molecular weight excluding hydrogens is 320 g/mol. The number of aromatic hydroxyl groups is 2. The normalized spacial score (nSPS) is 12.0. The molecule has 0 amide bonds. The van der Waals surface area contributed by atoms with Crippen LogP contribution in [0.4, 0.5) is 0 Å². The van der Waals surface area contributed by atoms with E-state index >= 15 is 0 Å². The minimum Gasteiger partial charge on any atom is -0.504 e. The molecule has 136 valence electrons. The zero-order valence-corrected chi connectivity index (χ0v) is 15.0. The van der Waals surface area contributed by atoms with Gasteiger partial charge in [-0.2, -0.15) is 0 Å². The summed E-state index contributed by atoms with van der Waals surface area (Å²) in [6.45, 7) is 4.82. The number of rotatable bonds is 9. The van der Waals surface area contributed by atoms with Gasteiger partial charge in [0.15, 0.2) is 23.0 Å². The van der Waals surface area contributed by atoms with Crippen LogP contribution < -0.4 is 20.1 Å². The van der Waals surface area contributed by atoms with Gasteiger partial charge in [-0.3, -0.25) is 0 Å². The van der Waals surface area contributed by atoms with Gasteiger partial charge in [0.05, 0.1) is 14.2 Å². The molecule has 0 unspecified atom stereocenters. The number of methoxy groups -OCH3 is 2. The number of ether oxygens (including phenoxy) is 2. The molecular formula is C19H28N2O4+2. The van der Waals surface area contributed by atoms with E-state index in [0.29, 0.717) is 17.5 Å². The van der Waals surface area contributed by atoms with Crippen LogP contribution in [-0.4, -0.2) is 37.0 Å². The van der Waals surface area contributed by atoms with Crippen molar-refractivity contribution in [1.82, 2.24) is 0 Å². The molecule has 6 nitrogen and oxygen atoms in total. The van der Waals surface area contributed by atoms with Gasteiger partial charge in [-0.05, 0) is 43.3 Å². The molecule has 6 N–H and O–H groups in total. The molecule has 2 rings (SSSR count). The lowest BCUT2D eigenvalue weighted by Crippen LogP contribution is -2.97. The van der Waals surface area contributed by atoms with Gasteiger partial charge in [-0.25, -0.2) is 0 Å². The molecule has 0 bridgehead atoms. The topological polar surface area (TPSA) is 92.1 Å². The number of nitrogens with two attached hydrogens (primary N) is 2. The monoisotopic (exact) mass is 348 g/mol. The lowest BCUT2D eigenvalue weighted by Gasteiger charge is -2.11. The van der Waals surface area contributed by atoms with Crippen molar-refractivity contribution in [2.24, 2.45) is 0 Å². The standard InChI is InChI=1S/C19H26N2O4/c1-13(21-12-15-5-7-17(23)19(9-15)25-3)10-20-11-14-4-6-16(22)18(8-14)24-2/h4-9,13,20-23H,10-12H2,1-3H3/p+2/t13-/m1/s1. The van der Waals surface area contributed by atoms with Crippen LogP contribution in [0, 0.1) is 0 Å². The molecule has 0 aliphatic carbocycles. The lowest BCUT2D eigenvalue weighted by molar-refractivity contribution is -0.761. The van der Waals surface area contributed by atoms with Gasteiger partial charge in [0, 0.05) is 11.1 Å². The van der Waals surface area contributed by atoms with Gasteiger partial charge in [-0.1, -0.05) is 0 Å². The smallest absolute Gasteiger partial charge is 0.160 e. The van der Waals surface area contributed by atoms with E-state index in [-0.39, 0.29) is 11.5 Å². The fraction of sp³-hybridized carbons (Fsp3) is 0.368. The van der Waals surface area contributed by atoms with Crippen LogP contribution in [0.5, 0.6) is 23.0 Å². The zero-order valence-electron chi connectivity index (χ0n) is 15.0. The average Bonchev–Trinajstić information content (AvgIpc) is 2.62. The summed E-state index contributed by atoms with van der Waals surface area (Å²) in [7, 11) is 3.11. The first-order valence-corrected chi connectivity index (χ1v) is 8.40. The van der Waals surface area contributed by atoms with Gasteiger partial charge in [0.25, 0.3) is 0 Å². The quantitative estimate of drug-likeness (QED) is 0.526. The van der Waals surface area contributed by atoms with Crippen molar-refractivity contribution in [3.05, 3.63) is 47.5 Å². The number of phenols is 2. The molecule has 2 aromatic rings. The summed E-state index contributed by atoms with van der Waals surface area (Å²) in [6, 6.07) is 11.3. The molecule has 0 saturated carbocycles. The second-order valence-electron chi connectivity index (χ2n) is 6.16. The SMILES string of the molecule is COc1cc(C[NH2+]C[C@@H](C)[NH2+]Cc2ccc(O)c(OC)c2)ccc1O. The first-order valence-electron chi connectivity index (χ1n) is 8.40. The molecule has 0 aliphatic rings. The summed E-state index contributed by atoms with van der Waals surface area (Å²) >= 11 is 0. The molecule has 25 heavy (non-hydrogen) atoms. The fourth-order valence-electron chi connectivity index (χ4n) is 2.64. The largest absolute Gasteiger partial charge is 0.504 e. The number of hydrogen-bond donors (Lipinski definition) is 4. The first kappa shape index (κ1) is 18.9. The third kappa shape index (κ3) is 5.55. The maximum absolute atomic E-state index is 9.63. The minimum absolute atomic E-state index is 0.164. The van der Waals surface area contributed by atoms with E-state index in [4.69, 9.17) is 9.47 Å². The van der Waals surface area contributed by atoms with Crippen molar-refractivity contribution in [2.75, 3.05) is 20.8 Å². The fourth-order valence-corrected chi connectivity index (χ4v) is 2.64. The molecule has 6 heteroatoms. The summed E-state index contributed by atoms with van der Waals surface area (Å²) in [5.74, 6) is 1.34. The molecule has 0 saturated heterocycles. The lowest BCUT2D eigenvalue weighted by atomic mass is 10.2. The van der Waals surface area contributed by atoms with Crippen molar-refractivity contribution in [3.8, 4) is 23.0 Å². The number of hydrogen-bond acceptors (Lipinski definition) is 4. The minimum atomic E-state index is 0.164. The Hall–Kier alpha value is -2.44. The molecule has 0 heterocycles. The maximum atomic E-state index is 9.63. The first-order chi connectivity index (χ1) is 12.0. The van der Waals surface area contributed by atoms with Crippen molar-refractivity contribution in [2.45, 2.75) is 26.1 Å². The van der Waals surface area contributed by atoms with Crippen LogP contribution in [0.2, 0.25) is 0 Å². The Morgan fingerprint density at radius 3 is 1.92 bits per heavy atom. The third-order valence-electron chi connectivity index (χ3n) is 4.16. The summed E-state index contributed by atoms with van der Waals surface area (Å²) in [4.78, 5) is 0. The highest BCUT2D eigenvalue weighted by Gasteiger charge is 2.10. The van der Waals surface area contributed by atoms with E-state index in [9.17, 15) is 10.2 Å². The van der Waals surface area contributed by atoms with Gasteiger partial charge in [0.1, 0.15) is 25.7 Å². The highest BCUT2D eigenvalue weighted by atomic mass is 16.5. The highest BCUT2D eigenvalue weighted by molar-refractivity contribution is 5.42. The average molecular weight is 348 g/mol. The Morgan fingerprint density at radius 1 is 0.880 bits per heavy atom. The summed E-state index contributed by atoms with van der Waals surface area (Å²) in [5, 5.41) is 23.7. The van der Waals surface area contributed by atoms with Crippen LogP contribution in [-0.2, 0) is 13.1 Å². The zero-order chi connectivity index (χ0) is 18.2. The Labute approximate surface area is 148 Å². The molecule has 0 aromatic heterocycles. The van der Waals surface area contributed by atoms with Crippen LogP contribution in [0.15, 0.2) is 36.4 Å². The van der Waals surface area contributed by atoms with E-state index < -0.39 is 0 Å². The summed E-state index contributed by atoms with van der Waals surface area (Å²) in [6.07, 6.45) is 0. The van der Waals surface area contributed by atoms with Crippen molar-refractivity contribution >= 4 is 0 Å². The number of phenolic OH excluding ortho intramolecular Hbond substituents is 2. The van der Waals surface area contributed by atoms with Crippen LogP contribution in [0.25, 0.3) is 0 Å². The number of benzene rings is 2. The maximum Gasteiger partial charge on any atom is 0.160 e. The van der Waals surface area contributed by atoms with Crippen LogP contribution in [0.1, 0.15) is 18.1 Å². The van der Waals surface area contributed by atoms with Gasteiger partial charge in [0.2, 0.25) is 0 Å². The van der Waals surface area contributed by atoms with E-state index in [0.717, 1.165) is 30.8 Å². The van der Waals surface area contributed by atoms with E-state index in [1.54, 1.807) is 26.4 Å². The van der Waals surface area contributed by atoms with E-state index in [2.05, 4.69) is 17.6 Å². The van der Waals surface area contributed by atoms with Crippen LogP contribution in [0.3, 0.4) is 0 Å². The van der Waals surface area contributed by atoms with Gasteiger partial charge in [-0.15, -0.1) is 0 Å². The molecule has 2 aromatic carbocycles. The molecule has 0 aliphatic heterocycles. The van der Waals surface area contributed by atoms with E-state index in [1.165, 1.54) is 0 Å². The second kappa shape index (κ2) is 9.15. The third-order valence-corrected chi connectivity index (χ3v) is 4.16. The number of quaternary nitrogens is 2. The molecule has 1 atom stereocenters. The van der Waals surface area contributed by atoms with Crippen molar-refractivity contribution in [3.63, 3.8) is 0 Å². The molecule has 0 radical (unpaired) electrons. The van der Waals surface area contributed by atoms with Gasteiger partial charge >= 0.3 is 0 Å². The Bertz CT molecular complexity index is 691. The Morgan fingerprint density at radius 2 is 1.40 bits per heavy atom. The summed E-state index contributed by atoms with van der Waals surface area (Å²) in [5.41, 5.74) is 2.23. The Balaban J connectivity index is 1.76. The predicted octanol–water partition coefficient (Wildman–Crippen LogP) is 0.331. The molecule has 0 spiro atoms.